The molecule has 3 nitrogen and oxygen atoms in total. The van der Waals surface area contributed by atoms with Gasteiger partial charge in [0, 0.05) is 12.8 Å². The first-order chi connectivity index (χ1) is 6.29. The first-order valence-corrected chi connectivity index (χ1v) is 4.10. The van der Waals surface area contributed by atoms with Gasteiger partial charge in [0.2, 0.25) is 0 Å². The van der Waals surface area contributed by atoms with Gasteiger partial charge in [-0.2, -0.15) is 0 Å². The van der Waals surface area contributed by atoms with Gasteiger partial charge in [0.15, 0.2) is 0 Å². The van der Waals surface area contributed by atoms with Crippen LogP contribution in [0.25, 0.3) is 0 Å². The molecule has 0 spiro atoms. The first kappa shape index (κ1) is 15.6. The monoisotopic (exact) mass is 248 g/mol. The molecule has 80 valence electrons. The zero-order chi connectivity index (χ0) is 11.0. The maximum atomic E-state index is 12.1. The second-order valence-electron chi connectivity index (χ2n) is 3.58. The Labute approximate surface area is 128 Å². The Morgan fingerprint density at radius 3 is 2.20 bits per heavy atom. The smallest absolute Gasteiger partial charge is 0.469 e. The van der Waals surface area contributed by atoms with E-state index in [9.17, 15) is 22.5 Å². The van der Waals surface area contributed by atoms with Crippen LogP contribution in [0.2, 0.25) is 6.32 Å². The molecule has 1 fully saturated rings. The molecule has 0 atom stereocenters. The van der Waals surface area contributed by atoms with E-state index in [0.29, 0.717) is 0 Å². The predicted octanol–water partition coefficient (Wildman–Crippen LogP) is -1.64. The average molecular weight is 248 g/mol. The minimum absolute atomic E-state index is 0. The van der Waals surface area contributed by atoms with Crippen LogP contribution in [0.5, 0.6) is 0 Å². The molecule has 0 aromatic rings. The van der Waals surface area contributed by atoms with Crippen molar-refractivity contribution in [2.75, 3.05) is 7.11 Å². The normalized spacial score (nSPS) is 18.8. The van der Waals surface area contributed by atoms with Crippen molar-refractivity contribution in [3.05, 3.63) is 0 Å². The van der Waals surface area contributed by atoms with Gasteiger partial charge in [-0.3, -0.25) is 9.59 Å². The number of rotatable bonds is 3. The van der Waals surface area contributed by atoms with Gasteiger partial charge < -0.3 is 17.7 Å². The minimum Gasteiger partial charge on any atom is -0.469 e. The molecule has 0 heterocycles. The summed E-state index contributed by atoms with van der Waals surface area (Å²) in [7, 11) is 1.02. The van der Waals surface area contributed by atoms with Crippen LogP contribution >= 0.6 is 0 Å². The molecule has 0 N–H and O–H groups in total. The van der Waals surface area contributed by atoms with Gasteiger partial charge in [-0.05, 0) is 0 Å². The number of methoxy groups -OCH3 is 1. The van der Waals surface area contributed by atoms with Crippen LogP contribution < -0.4 is 51.4 Å². The zero-order valence-corrected chi connectivity index (χ0v) is 11.7. The topological polar surface area (TPSA) is 43.4 Å². The van der Waals surface area contributed by atoms with Crippen molar-refractivity contribution < 1.29 is 78.7 Å². The molecule has 0 unspecified atom stereocenters. The Morgan fingerprint density at radius 2 is 1.93 bits per heavy atom. The second kappa shape index (κ2) is 5.31. The van der Waals surface area contributed by atoms with Crippen molar-refractivity contribution in [3.8, 4) is 0 Å². The van der Waals surface area contributed by atoms with E-state index >= 15 is 0 Å². The summed E-state index contributed by atoms with van der Waals surface area (Å²) in [4.78, 5) is 21.7. The molecule has 0 aromatic heterocycles. The molecule has 1 aliphatic rings. The fourth-order valence-corrected chi connectivity index (χ4v) is 1.73. The summed E-state index contributed by atoms with van der Waals surface area (Å²) in [6, 6.07) is 0. The van der Waals surface area contributed by atoms with Gasteiger partial charge in [0.25, 0.3) is 0 Å². The van der Waals surface area contributed by atoms with E-state index in [2.05, 4.69) is 4.74 Å². The largest absolute Gasteiger partial charge is 1.00 e. The summed E-state index contributed by atoms with van der Waals surface area (Å²) in [5.41, 5.74) is -1.62. The summed E-state index contributed by atoms with van der Waals surface area (Å²) < 4.78 is 40.7. The molecule has 8 heteroatoms. The number of hydrogen-bond donors (Lipinski definition) is 0. The van der Waals surface area contributed by atoms with Gasteiger partial charge in [-0.15, -0.1) is 0 Å². The van der Waals surface area contributed by atoms with Crippen molar-refractivity contribution in [2.24, 2.45) is 5.41 Å². The quantitative estimate of drug-likeness (QED) is 0.444. The first-order valence-electron chi connectivity index (χ1n) is 4.10. The van der Waals surface area contributed by atoms with Gasteiger partial charge in [-0.25, -0.2) is 0 Å². The molecule has 0 aliphatic heterocycles. The summed E-state index contributed by atoms with van der Waals surface area (Å²) in [5, 5.41) is 0. The Hall–Kier alpha value is 0.631. The van der Waals surface area contributed by atoms with E-state index in [4.69, 9.17) is 0 Å². The van der Waals surface area contributed by atoms with E-state index < -0.39 is 24.7 Å². The molecule has 15 heavy (non-hydrogen) atoms. The SMILES string of the molecule is COC(=O)C1(C[B-](F)(F)F)CC(=O)C1.[K+]. The van der Waals surface area contributed by atoms with Crippen LogP contribution in [-0.4, -0.2) is 25.8 Å². The third-order valence-corrected chi connectivity index (χ3v) is 2.31. The third-order valence-electron chi connectivity index (χ3n) is 2.31. The maximum absolute atomic E-state index is 12.1. The van der Waals surface area contributed by atoms with Crippen LogP contribution in [-0.2, 0) is 14.3 Å². The fraction of sp³-hybridized carbons (Fsp3) is 0.714. The molecule has 0 radical (unpaired) electrons. The van der Waals surface area contributed by atoms with E-state index in [1.165, 1.54) is 0 Å². The van der Waals surface area contributed by atoms with Crippen LogP contribution in [0, 0.1) is 5.41 Å². The Kier molecular flexibility index (Phi) is 5.53. The molecular weight excluding hydrogens is 239 g/mol. The molecule has 0 amide bonds. The van der Waals surface area contributed by atoms with Crippen LogP contribution in [0.1, 0.15) is 12.8 Å². The van der Waals surface area contributed by atoms with Crippen LogP contribution in [0.4, 0.5) is 12.9 Å². The number of ketones is 1. The molecular formula is C7H9BF3KO3. The number of carbonyl (C=O) groups is 2. The van der Waals surface area contributed by atoms with Crippen LogP contribution in [0.15, 0.2) is 0 Å². The van der Waals surface area contributed by atoms with E-state index in [0.717, 1.165) is 7.11 Å². The predicted molar refractivity (Wildman–Crippen MR) is 42.6 cm³/mol. The Morgan fingerprint density at radius 1 is 1.47 bits per heavy atom. The van der Waals surface area contributed by atoms with Crippen LogP contribution in [0.3, 0.4) is 0 Å². The standard InChI is InChI=1S/C7H9BF3O3.K/c1-14-6(13)7(2-5(12)3-7)4-8(9,10)11;/h2-4H2,1H3;/q-1;+1. The van der Waals surface area contributed by atoms with Crippen molar-refractivity contribution >= 4 is 18.7 Å². The number of hydrogen-bond acceptors (Lipinski definition) is 3. The molecule has 0 aromatic carbocycles. The van der Waals surface area contributed by atoms with Crippen molar-refractivity contribution in [1.82, 2.24) is 0 Å². The fourth-order valence-electron chi connectivity index (χ4n) is 1.73. The number of esters is 1. The maximum Gasteiger partial charge on any atom is 1.00 e. The zero-order valence-electron chi connectivity index (χ0n) is 8.56. The molecule has 0 bridgehead atoms. The minimum atomic E-state index is -5.07. The van der Waals surface area contributed by atoms with Gasteiger partial charge >= 0.3 is 64.3 Å². The van der Waals surface area contributed by atoms with Gasteiger partial charge in [0.1, 0.15) is 5.78 Å². The molecule has 1 aliphatic carbocycles. The van der Waals surface area contributed by atoms with Crippen molar-refractivity contribution in [2.45, 2.75) is 19.2 Å². The number of Topliss-reactive ketones (excluding diaryl/α,β-unsaturated/α-hetero) is 1. The number of carbonyl (C=O) groups excluding carboxylic acids is 2. The van der Waals surface area contributed by atoms with Gasteiger partial charge in [0.05, 0.1) is 12.5 Å². The summed E-state index contributed by atoms with van der Waals surface area (Å²) in [6.45, 7) is -5.07. The number of ether oxygens (including phenoxy) is 1. The molecule has 1 rings (SSSR count). The van der Waals surface area contributed by atoms with E-state index in [1.54, 1.807) is 0 Å². The number of halogens is 3. The summed E-state index contributed by atoms with van der Waals surface area (Å²) in [6.07, 6.45) is -1.91. The summed E-state index contributed by atoms with van der Waals surface area (Å²) in [5.74, 6) is -1.26. The average Bonchev–Trinajstić information content (AvgIpc) is 1.96. The Balaban J connectivity index is 0.00000196. The summed E-state index contributed by atoms with van der Waals surface area (Å²) >= 11 is 0. The molecule has 0 saturated heterocycles. The van der Waals surface area contributed by atoms with Crippen molar-refractivity contribution in [1.29, 1.82) is 0 Å². The van der Waals surface area contributed by atoms with E-state index in [1.807, 2.05) is 0 Å². The second-order valence-corrected chi connectivity index (χ2v) is 3.58. The van der Waals surface area contributed by atoms with E-state index in [-0.39, 0.29) is 70.0 Å². The third kappa shape index (κ3) is 3.85. The van der Waals surface area contributed by atoms with Gasteiger partial charge in [-0.1, -0.05) is 6.32 Å². The Bertz CT molecular complexity index is 271. The molecule has 1 saturated carbocycles. The van der Waals surface area contributed by atoms with Crippen molar-refractivity contribution in [3.63, 3.8) is 0 Å².